The van der Waals surface area contributed by atoms with Gasteiger partial charge in [0.05, 0.1) is 74.0 Å². The Balaban J connectivity index is 1.59. The fraction of sp³-hybridized carbons (Fsp3) is 0.348. The molecule has 1 aromatic heterocycles. The molecule has 2 fully saturated rings. The standard InChI is InChI=1S/C23H13B8F5N6O/c24-20(25)22(28,29)42(17(43)10-1-2-10)23(30,31)21(26,27)41(20)14-6-11(19(34,35)36)5-12(7-14)38-18-37-9-40(39-18)13-3-4-15(32)16(33)8-13/h3-10H,1-2H2,(H,38,39). The molecule has 5 rings (SSSR count). The van der Waals surface area contributed by atoms with E-state index >= 15 is 0 Å². The van der Waals surface area contributed by atoms with Crippen molar-refractivity contribution >= 4 is 86.0 Å². The van der Waals surface area contributed by atoms with Crippen molar-refractivity contribution in [2.75, 3.05) is 10.2 Å². The molecule has 1 saturated carbocycles. The van der Waals surface area contributed by atoms with Gasteiger partial charge >= 0.3 is 6.18 Å². The molecule has 0 unspecified atom stereocenters. The van der Waals surface area contributed by atoms with E-state index in [1.54, 1.807) is 0 Å². The van der Waals surface area contributed by atoms with Gasteiger partial charge in [0.2, 0.25) is 11.9 Å². The Hall–Kier alpha value is -3.18. The zero-order valence-electron chi connectivity index (χ0n) is 22.2. The van der Waals surface area contributed by atoms with Crippen LogP contribution in [0.15, 0.2) is 42.7 Å². The van der Waals surface area contributed by atoms with Crippen molar-refractivity contribution in [3.63, 3.8) is 0 Å². The quantitative estimate of drug-likeness (QED) is 0.354. The molecule has 1 saturated heterocycles. The summed E-state index contributed by atoms with van der Waals surface area (Å²) in [6, 6.07) is 5.25. The molecule has 2 aromatic carbocycles. The van der Waals surface area contributed by atoms with E-state index in [4.69, 9.17) is 62.8 Å². The average Bonchev–Trinajstić information content (AvgIpc) is 3.63. The highest BCUT2D eigenvalue weighted by Gasteiger charge is 2.62. The molecule has 3 aromatic rings. The van der Waals surface area contributed by atoms with Gasteiger partial charge in [0.15, 0.2) is 11.6 Å². The largest absolute Gasteiger partial charge is 0.416 e. The van der Waals surface area contributed by atoms with E-state index in [0.717, 1.165) is 29.2 Å². The first-order valence-electron chi connectivity index (χ1n) is 12.5. The number of aromatic nitrogens is 3. The second kappa shape index (κ2) is 9.92. The maximum absolute atomic E-state index is 14.1. The van der Waals surface area contributed by atoms with Crippen molar-refractivity contribution in [3.05, 3.63) is 59.9 Å². The lowest BCUT2D eigenvalue weighted by Crippen LogP contribution is -2.93. The van der Waals surface area contributed by atoms with Crippen LogP contribution in [0.3, 0.4) is 0 Å². The van der Waals surface area contributed by atoms with Crippen molar-refractivity contribution in [2.45, 2.75) is 40.4 Å². The van der Waals surface area contributed by atoms with Crippen LogP contribution in [-0.4, -0.2) is 110 Å². The predicted molar refractivity (Wildman–Crippen MR) is 155 cm³/mol. The summed E-state index contributed by atoms with van der Waals surface area (Å²) < 4.78 is 70.3. The Labute approximate surface area is 254 Å². The molecule has 0 bridgehead atoms. The number of hydrogen-bond donors (Lipinski definition) is 1. The maximum atomic E-state index is 14.1. The van der Waals surface area contributed by atoms with E-state index in [2.05, 4.69) is 15.4 Å². The van der Waals surface area contributed by atoms with Gasteiger partial charge in [0.1, 0.15) is 6.33 Å². The third kappa shape index (κ3) is 5.08. The van der Waals surface area contributed by atoms with Crippen molar-refractivity contribution in [1.29, 1.82) is 0 Å². The van der Waals surface area contributed by atoms with Crippen molar-refractivity contribution in [1.82, 2.24) is 19.7 Å². The first-order chi connectivity index (χ1) is 19.7. The Bertz CT molecular complexity index is 1570. The monoisotopic (exact) mass is 572 g/mol. The van der Waals surface area contributed by atoms with Gasteiger partial charge in [-0.15, -0.1) is 5.10 Å². The van der Waals surface area contributed by atoms with E-state index in [9.17, 15) is 26.7 Å². The molecule has 1 aliphatic carbocycles. The SMILES string of the molecule is [B]C1([B])N(C(=O)C2CC2)C([B])([B])C([B])([B])N(c2cc(Nc3ncn(-c4ccc(F)c(F)c4)n3)cc(C(F)(F)F)c2)C1([B])[B]. The molecular formula is C23H13B8F5N6O. The lowest BCUT2D eigenvalue weighted by Gasteiger charge is -2.76. The zero-order valence-corrected chi connectivity index (χ0v) is 22.2. The number of carbonyl (C=O) groups excluding carboxylic acids is 1. The molecule has 1 N–H and O–H groups in total. The molecule has 2 aliphatic rings. The minimum atomic E-state index is -4.95. The third-order valence-electron chi connectivity index (χ3n) is 7.33. The summed E-state index contributed by atoms with van der Waals surface area (Å²) in [6.45, 7) is 0. The molecule has 200 valence electrons. The third-order valence-corrected chi connectivity index (χ3v) is 7.33. The van der Waals surface area contributed by atoms with Gasteiger partial charge in [-0.25, -0.2) is 13.5 Å². The van der Waals surface area contributed by atoms with Crippen LogP contribution in [0.25, 0.3) is 5.69 Å². The van der Waals surface area contributed by atoms with Crippen molar-refractivity contribution < 1.29 is 26.7 Å². The van der Waals surface area contributed by atoms with Gasteiger partial charge < -0.3 is 15.1 Å². The number of halogens is 5. The summed E-state index contributed by atoms with van der Waals surface area (Å²) in [4.78, 5) is 18.2. The Kier molecular flexibility index (Phi) is 7.21. The molecule has 0 atom stereocenters. The Morgan fingerprint density at radius 2 is 1.44 bits per heavy atom. The van der Waals surface area contributed by atoms with E-state index in [1.807, 2.05) is 0 Å². The number of nitrogens with one attached hydrogen (secondary N) is 1. The Morgan fingerprint density at radius 3 is 1.98 bits per heavy atom. The van der Waals surface area contributed by atoms with E-state index in [-0.39, 0.29) is 17.3 Å². The van der Waals surface area contributed by atoms with Gasteiger partial charge in [-0.3, -0.25) is 4.79 Å². The van der Waals surface area contributed by atoms with Gasteiger partial charge in [-0.05, 0) is 64.5 Å². The molecule has 20 heteroatoms. The maximum Gasteiger partial charge on any atom is 0.416 e. The number of alkyl halides is 3. The van der Waals surface area contributed by atoms with Crippen LogP contribution in [0.4, 0.5) is 39.3 Å². The van der Waals surface area contributed by atoms with Crippen molar-refractivity contribution in [2.24, 2.45) is 5.92 Å². The number of benzene rings is 2. The van der Waals surface area contributed by atoms with Crippen LogP contribution < -0.4 is 10.2 Å². The summed E-state index contributed by atoms with van der Waals surface area (Å²) in [5.74, 6) is -3.83. The molecule has 7 nitrogen and oxygen atoms in total. The average molecular weight is 571 g/mol. The zero-order chi connectivity index (χ0) is 31.9. The summed E-state index contributed by atoms with van der Waals surface area (Å²) in [5.41, 5.74) is -1.99. The number of piperazine rings is 1. The lowest BCUT2D eigenvalue weighted by atomic mass is 9.26. The number of nitrogens with zero attached hydrogens (tertiary/aromatic N) is 5. The predicted octanol–water partition coefficient (Wildman–Crippen LogP) is 0.330. The summed E-state index contributed by atoms with van der Waals surface area (Å²) >= 11 is 0. The first kappa shape index (κ1) is 31.3. The Morgan fingerprint density at radius 1 is 0.837 bits per heavy atom. The summed E-state index contributed by atoms with van der Waals surface area (Å²) in [7, 11) is 50.4. The number of hydrogen-bond acceptors (Lipinski definition) is 5. The number of carbonyl (C=O) groups is 1. The highest BCUT2D eigenvalue weighted by molar-refractivity contribution is 6.63. The normalized spacial score (nSPS) is 20.5. The van der Waals surface area contributed by atoms with E-state index in [0.29, 0.717) is 34.8 Å². The molecule has 16 radical (unpaired) electrons. The fourth-order valence-electron chi connectivity index (χ4n) is 4.81. The van der Waals surface area contributed by atoms with Crippen LogP contribution in [0, 0.1) is 17.6 Å². The lowest BCUT2D eigenvalue weighted by molar-refractivity contribution is -0.138. The van der Waals surface area contributed by atoms with Crippen LogP contribution in [0.5, 0.6) is 0 Å². The van der Waals surface area contributed by atoms with Gasteiger partial charge in [0, 0.05) is 23.4 Å². The second-order valence-electron chi connectivity index (χ2n) is 10.6. The highest BCUT2D eigenvalue weighted by atomic mass is 19.4. The van der Waals surface area contributed by atoms with Crippen molar-refractivity contribution in [3.8, 4) is 5.69 Å². The van der Waals surface area contributed by atoms with Gasteiger partial charge in [0.25, 0.3) is 0 Å². The highest BCUT2D eigenvalue weighted by Crippen LogP contribution is 2.48. The van der Waals surface area contributed by atoms with Gasteiger partial charge in [-0.1, -0.05) is 0 Å². The minimum Gasteiger partial charge on any atom is -0.393 e. The molecule has 1 amide bonds. The van der Waals surface area contributed by atoms with Crippen LogP contribution in [-0.2, 0) is 11.0 Å². The fourth-order valence-corrected chi connectivity index (χ4v) is 4.81. The number of rotatable bonds is 5. The summed E-state index contributed by atoms with van der Waals surface area (Å²) in [6.07, 6.45) is -2.93. The van der Waals surface area contributed by atoms with Crippen LogP contribution >= 0.6 is 0 Å². The first-order valence-corrected chi connectivity index (χ1v) is 12.5. The minimum absolute atomic E-state index is 0.0688. The molecule has 2 heterocycles. The molecule has 1 aliphatic heterocycles. The second-order valence-corrected chi connectivity index (χ2v) is 10.6. The number of anilines is 3. The van der Waals surface area contributed by atoms with Crippen LogP contribution in [0.2, 0.25) is 0 Å². The molecule has 0 spiro atoms. The number of amides is 1. The van der Waals surface area contributed by atoms with Crippen LogP contribution in [0.1, 0.15) is 18.4 Å². The molecule has 43 heavy (non-hydrogen) atoms. The van der Waals surface area contributed by atoms with Gasteiger partial charge in [-0.2, -0.15) is 18.2 Å². The summed E-state index contributed by atoms with van der Waals surface area (Å²) in [5, 5.41) is -3.99. The topological polar surface area (TPSA) is 66.3 Å². The smallest absolute Gasteiger partial charge is 0.393 e. The van der Waals surface area contributed by atoms with E-state index < -0.39 is 62.2 Å². The van der Waals surface area contributed by atoms with E-state index in [1.165, 1.54) is 6.07 Å². The molecular weight excluding hydrogens is 558 g/mol.